The third-order valence-electron chi connectivity index (χ3n) is 6.63. The summed E-state index contributed by atoms with van der Waals surface area (Å²) in [7, 11) is 0. The first-order chi connectivity index (χ1) is 18.3. The van der Waals surface area contributed by atoms with Crippen LogP contribution in [0.25, 0.3) is 0 Å². The van der Waals surface area contributed by atoms with Crippen LogP contribution in [0, 0.1) is 5.82 Å². The van der Waals surface area contributed by atoms with Gasteiger partial charge >= 0.3 is 6.03 Å². The maximum absolute atomic E-state index is 14.3. The molecule has 0 saturated carbocycles. The predicted molar refractivity (Wildman–Crippen MR) is 149 cm³/mol. The van der Waals surface area contributed by atoms with Gasteiger partial charge in [0, 0.05) is 42.3 Å². The van der Waals surface area contributed by atoms with Gasteiger partial charge in [0.15, 0.2) is 0 Å². The Balaban J connectivity index is 1.70. The summed E-state index contributed by atoms with van der Waals surface area (Å²) >= 11 is 12.4. The van der Waals surface area contributed by atoms with E-state index < -0.39 is 17.9 Å². The van der Waals surface area contributed by atoms with Gasteiger partial charge in [-0.3, -0.25) is 9.89 Å². The quantitative estimate of drug-likeness (QED) is 0.392. The molecule has 1 fully saturated rings. The lowest BCUT2D eigenvalue weighted by Crippen LogP contribution is -2.53. The number of rotatable bonds is 5. The van der Waals surface area contributed by atoms with Crippen molar-refractivity contribution in [3.63, 3.8) is 0 Å². The van der Waals surface area contributed by atoms with E-state index in [-0.39, 0.29) is 12.1 Å². The van der Waals surface area contributed by atoms with Crippen molar-refractivity contribution >= 4 is 35.1 Å². The fourth-order valence-electron chi connectivity index (χ4n) is 4.90. The molecular formula is C29H29Cl2FN4O2. The number of nitrogens with zero attached hydrogens (tertiary/aromatic N) is 3. The fraction of sp³-hybridized carbons (Fsp3) is 0.310. The number of hydrogen-bond donors (Lipinski definition) is 1. The Kier molecular flexibility index (Phi) is 7.88. The van der Waals surface area contributed by atoms with Crippen molar-refractivity contribution < 1.29 is 13.9 Å². The summed E-state index contributed by atoms with van der Waals surface area (Å²) in [6.45, 7) is 6.30. The Morgan fingerprint density at radius 2 is 1.58 bits per heavy atom. The summed E-state index contributed by atoms with van der Waals surface area (Å²) in [6, 6.07) is 18.2. The lowest BCUT2D eigenvalue weighted by Gasteiger charge is -2.36. The van der Waals surface area contributed by atoms with Crippen molar-refractivity contribution in [3.05, 3.63) is 99.3 Å². The Morgan fingerprint density at radius 3 is 2.18 bits per heavy atom. The monoisotopic (exact) mass is 554 g/mol. The number of aliphatic imine (C=N–C) groups is 1. The molecule has 1 saturated heterocycles. The highest BCUT2D eigenvalue weighted by Crippen LogP contribution is 2.45. The van der Waals surface area contributed by atoms with Gasteiger partial charge in [0.2, 0.25) is 0 Å². The SMILES string of the molecule is CC(C)Oc1cc(F)ccc1C1=NC(c2ccc(Cl)cc2)C(c2ccc(Cl)cc2)N1C(=O)N1CCNCC1. The number of hydrogen-bond acceptors (Lipinski definition) is 4. The fourth-order valence-corrected chi connectivity index (χ4v) is 5.15. The Morgan fingerprint density at radius 1 is 0.974 bits per heavy atom. The van der Waals surface area contributed by atoms with Gasteiger partial charge in [0.1, 0.15) is 23.4 Å². The van der Waals surface area contributed by atoms with Crippen LogP contribution >= 0.6 is 23.2 Å². The lowest BCUT2D eigenvalue weighted by molar-refractivity contribution is 0.157. The molecule has 2 aliphatic rings. The molecule has 9 heteroatoms. The Bertz CT molecular complexity index is 1330. The van der Waals surface area contributed by atoms with Crippen LogP contribution < -0.4 is 10.1 Å². The smallest absolute Gasteiger partial charge is 0.326 e. The maximum Gasteiger partial charge on any atom is 0.326 e. The van der Waals surface area contributed by atoms with Crippen LogP contribution in [0.1, 0.15) is 42.6 Å². The van der Waals surface area contributed by atoms with Crippen molar-refractivity contribution in [1.29, 1.82) is 0 Å². The van der Waals surface area contributed by atoms with Gasteiger partial charge in [0.25, 0.3) is 0 Å². The van der Waals surface area contributed by atoms with Crippen LogP contribution in [0.2, 0.25) is 10.0 Å². The minimum atomic E-state index is -0.470. The van der Waals surface area contributed by atoms with Crippen LogP contribution in [0.4, 0.5) is 9.18 Å². The molecule has 0 radical (unpaired) electrons. The zero-order valence-corrected chi connectivity index (χ0v) is 22.7. The van der Waals surface area contributed by atoms with Gasteiger partial charge in [-0.05, 0) is 61.4 Å². The number of benzene rings is 3. The van der Waals surface area contributed by atoms with E-state index in [0.717, 1.165) is 11.1 Å². The van der Waals surface area contributed by atoms with Crippen LogP contribution in [-0.4, -0.2) is 53.9 Å². The zero-order valence-electron chi connectivity index (χ0n) is 21.2. The Hall–Kier alpha value is -3.13. The number of amidine groups is 1. The molecule has 3 aromatic carbocycles. The van der Waals surface area contributed by atoms with Gasteiger partial charge in [0.05, 0.1) is 17.7 Å². The van der Waals surface area contributed by atoms with Gasteiger partial charge in [-0.2, -0.15) is 0 Å². The third-order valence-corrected chi connectivity index (χ3v) is 7.13. The summed E-state index contributed by atoms with van der Waals surface area (Å²) in [6.07, 6.45) is -0.200. The first-order valence-corrected chi connectivity index (χ1v) is 13.4. The number of carbonyl (C=O) groups excluding carboxylic acids is 1. The predicted octanol–water partition coefficient (Wildman–Crippen LogP) is 6.49. The summed E-state index contributed by atoms with van der Waals surface area (Å²) in [5.74, 6) is 0.346. The van der Waals surface area contributed by atoms with Crippen molar-refractivity contribution in [1.82, 2.24) is 15.1 Å². The van der Waals surface area contributed by atoms with Gasteiger partial charge in [-0.25, -0.2) is 9.18 Å². The zero-order chi connectivity index (χ0) is 26.8. The number of halogens is 3. The minimum absolute atomic E-state index is 0.165. The van der Waals surface area contributed by atoms with Crippen LogP contribution in [-0.2, 0) is 0 Å². The molecule has 38 heavy (non-hydrogen) atoms. The second kappa shape index (κ2) is 11.3. The second-order valence-corrected chi connectivity index (χ2v) is 10.5. The van der Waals surface area contributed by atoms with Gasteiger partial charge in [-0.1, -0.05) is 47.5 Å². The molecule has 6 nitrogen and oxygen atoms in total. The van der Waals surface area contributed by atoms with Crippen LogP contribution in [0.3, 0.4) is 0 Å². The van der Waals surface area contributed by atoms with E-state index in [9.17, 15) is 9.18 Å². The number of urea groups is 1. The highest BCUT2D eigenvalue weighted by Gasteiger charge is 2.44. The molecule has 3 aromatic rings. The molecule has 5 rings (SSSR count). The molecule has 0 aromatic heterocycles. The molecule has 2 atom stereocenters. The Labute approximate surface area is 232 Å². The number of carbonyl (C=O) groups is 1. The molecular weight excluding hydrogens is 526 g/mol. The van der Waals surface area contributed by atoms with Gasteiger partial charge < -0.3 is 15.0 Å². The first-order valence-electron chi connectivity index (χ1n) is 12.7. The first kappa shape index (κ1) is 26.5. The summed E-state index contributed by atoms with van der Waals surface area (Å²) in [5.41, 5.74) is 2.33. The van der Waals surface area contributed by atoms with Crippen molar-refractivity contribution in [2.45, 2.75) is 32.0 Å². The lowest BCUT2D eigenvalue weighted by atomic mass is 9.93. The van der Waals surface area contributed by atoms with E-state index >= 15 is 0 Å². The largest absolute Gasteiger partial charge is 0.490 e. The topological polar surface area (TPSA) is 57.2 Å². The third kappa shape index (κ3) is 5.51. The maximum atomic E-state index is 14.3. The van der Waals surface area contributed by atoms with Crippen molar-refractivity contribution in [3.8, 4) is 5.75 Å². The molecule has 2 unspecified atom stereocenters. The summed E-state index contributed by atoms with van der Waals surface area (Å²) in [4.78, 5) is 22.9. The standard InChI is InChI=1S/C29H29Cl2FN4O2/c1-18(2)38-25-17-23(32)11-12-24(25)28-34-26(19-3-7-21(30)8-4-19)27(20-5-9-22(31)10-6-20)36(28)29(37)35-15-13-33-14-16-35/h3-12,17-18,26-27,33H,13-16H2,1-2H3. The van der Waals surface area contributed by atoms with E-state index in [0.29, 0.717) is 53.4 Å². The molecule has 198 valence electrons. The molecule has 2 heterocycles. The molecule has 0 aliphatic carbocycles. The van der Waals surface area contributed by atoms with E-state index in [2.05, 4.69) is 5.32 Å². The van der Waals surface area contributed by atoms with E-state index in [4.69, 9.17) is 32.9 Å². The minimum Gasteiger partial charge on any atom is -0.490 e. The van der Waals surface area contributed by atoms with Crippen LogP contribution in [0.15, 0.2) is 71.7 Å². The molecule has 2 amide bonds. The average Bonchev–Trinajstić information content (AvgIpc) is 3.29. The molecule has 1 N–H and O–H groups in total. The normalized spacial score (nSPS) is 19.6. The number of ether oxygens (including phenoxy) is 1. The number of piperazine rings is 1. The van der Waals surface area contributed by atoms with Crippen LogP contribution in [0.5, 0.6) is 5.75 Å². The molecule has 0 bridgehead atoms. The number of nitrogens with one attached hydrogen (secondary N) is 1. The highest BCUT2D eigenvalue weighted by molar-refractivity contribution is 6.30. The van der Waals surface area contributed by atoms with Crippen molar-refractivity contribution in [2.24, 2.45) is 4.99 Å². The average molecular weight is 555 g/mol. The van der Waals surface area contributed by atoms with E-state index in [1.807, 2.05) is 67.3 Å². The van der Waals surface area contributed by atoms with Crippen molar-refractivity contribution in [2.75, 3.05) is 26.2 Å². The van der Waals surface area contributed by atoms with E-state index in [1.54, 1.807) is 11.0 Å². The van der Waals surface area contributed by atoms with Gasteiger partial charge in [-0.15, -0.1) is 0 Å². The summed E-state index contributed by atoms with van der Waals surface area (Å²) < 4.78 is 20.4. The second-order valence-electron chi connectivity index (χ2n) is 9.64. The highest BCUT2D eigenvalue weighted by atomic mass is 35.5. The molecule has 0 spiro atoms. The number of amides is 2. The summed E-state index contributed by atoms with van der Waals surface area (Å²) in [5, 5.41) is 4.51. The molecule has 2 aliphatic heterocycles. The van der Waals surface area contributed by atoms with E-state index in [1.165, 1.54) is 12.1 Å².